The van der Waals surface area contributed by atoms with Crippen LogP contribution in [-0.4, -0.2) is 16.2 Å². The van der Waals surface area contributed by atoms with E-state index in [2.05, 4.69) is 27.7 Å². The zero-order chi connectivity index (χ0) is 14.6. The lowest BCUT2D eigenvalue weighted by molar-refractivity contribution is 0.0697. The third-order valence-corrected chi connectivity index (χ3v) is 2.81. The van der Waals surface area contributed by atoms with E-state index < -0.39 is 5.97 Å². The third kappa shape index (κ3) is 5.16. The predicted molar refractivity (Wildman–Crippen MR) is 76.6 cm³/mol. The Labute approximate surface area is 114 Å². The molecule has 3 heteroatoms. The average molecular weight is 262 g/mol. The van der Waals surface area contributed by atoms with Crippen molar-refractivity contribution >= 4 is 5.97 Å². The van der Waals surface area contributed by atoms with E-state index in [0.717, 1.165) is 6.42 Å². The molecule has 0 bridgehead atoms. The minimum atomic E-state index is -0.975. The summed E-state index contributed by atoms with van der Waals surface area (Å²) in [5.41, 5.74) is 2.32. The highest BCUT2D eigenvalue weighted by molar-refractivity contribution is 5.88. The first-order chi connectivity index (χ1) is 8.69. The van der Waals surface area contributed by atoms with Crippen LogP contribution in [0.1, 0.15) is 50.0 Å². The Kier molecular flexibility index (Phi) is 4.76. The quantitative estimate of drug-likeness (QED) is 0.806. The van der Waals surface area contributed by atoms with Crippen LogP contribution >= 0.6 is 0 Å². The minimum absolute atomic E-state index is 0.143. The molecule has 1 aromatic carbocycles. The first-order valence-corrected chi connectivity index (χ1v) is 6.40. The molecule has 0 aromatic heterocycles. The third-order valence-electron chi connectivity index (χ3n) is 2.81. The number of aromatic carboxylic acids is 1. The van der Waals surface area contributed by atoms with Crippen LogP contribution < -0.4 is 0 Å². The van der Waals surface area contributed by atoms with Crippen molar-refractivity contribution < 1.29 is 15.0 Å². The fraction of sp³-hybridized carbons (Fsp3) is 0.438. The number of hydrogen-bond acceptors (Lipinski definition) is 2. The molecule has 0 heterocycles. The summed E-state index contributed by atoms with van der Waals surface area (Å²) in [7, 11) is 0. The Hall–Kier alpha value is -1.77. The van der Waals surface area contributed by atoms with E-state index in [0.29, 0.717) is 12.0 Å². The van der Waals surface area contributed by atoms with Crippen molar-refractivity contribution in [2.45, 2.75) is 40.5 Å². The maximum Gasteiger partial charge on any atom is 0.335 e. The van der Waals surface area contributed by atoms with Gasteiger partial charge in [0.2, 0.25) is 0 Å². The Morgan fingerprint density at radius 1 is 1.32 bits per heavy atom. The largest absolute Gasteiger partial charge is 0.508 e. The lowest BCUT2D eigenvalue weighted by atomic mass is 9.88. The molecule has 3 nitrogen and oxygen atoms in total. The molecule has 19 heavy (non-hydrogen) atoms. The van der Waals surface area contributed by atoms with Crippen LogP contribution in [0, 0.1) is 5.41 Å². The Morgan fingerprint density at radius 2 is 1.95 bits per heavy atom. The number of rotatable bonds is 4. The van der Waals surface area contributed by atoms with E-state index in [4.69, 9.17) is 5.11 Å². The van der Waals surface area contributed by atoms with Crippen molar-refractivity contribution in [3.05, 3.63) is 41.0 Å². The fourth-order valence-electron chi connectivity index (χ4n) is 2.07. The smallest absolute Gasteiger partial charge is 0.335 e. The first-order valence-electron chi connectivity index (χ1n) is 6.40. The Bertz CT molecular complexity index is 493. The number of aromatic hydroxyl groups is 1. The van der Waals surface area contributed by atoms with Crippen LogP contribution in [0.25, 0.3) is 0 Å². The second-order valence-electron chi connectivity index (χ2n) is 6.14. The summed E-state index contributed by atoms with van der Waals surface area (Å²) in [6.07, 6.45) is 3.58. The number of carbonyl (C=O) groups is 1. The van der Waals surface area contributed by atoms with Crippen LogP contribution in [-0.2, 0) is 6.42 Å². The zero-order valence-electron chi connectivity index (χ0n) is 12.0. The summed E-state index contributed by atoms with van der Waals surface area (Å²) in [6, 6.07) is 4.37. The summed E-state index contributed by atoms with van der Waals surface area (Å²) in [5.74, 6) is -0.832. The maximum atomic E-state index is 10.9. The monoisotopic (exact) mass is 262 g/mol. The van der Waals surface area contributed by atoms with Crippen molar-refractivity contribution in [2.24, 2.45) is 5.41 Å². The fourth-order valence-corrected chi connectivity index (χ4v) is 2.07. The van der Waals surface area contributed by atoms with Crippen LogP contribution in [0.2, 0.25) is 0 Å². The molecule has 104 valence electrons. The average Bonchev–Trinajstić information content (AvgIpc) is 2.25. The highest BCUT2D eigenvalue weighted by Crippen LogP contribution is 2.25. The maximum absolute atomic E-state index is 10.9. The van der Waals surface area contributed by atoms with Crippen LogP contribution in [0.5, 0.6) is 5.75 Å². The molecule has 0 spiro atoms. The summed E-state index contributed by atoms with van der Waals surface area (Å²) in [5, 5.41) is 18.7. The number of carboxylic acids is 1. The molecule has 0 saturated heterocycles. The van der Waals surface area contributed by atoms with Gasteiger partial charge in [0.1, 0.15) is 5.75 Å². The van der Waals surface area contributed by atoms with E-state index in [-0.39, 0.29) is 16.7 Å². The molecule has 0 fully saturated rings. The molecule has 0 atom stereocenters. The van der Waals surface area contributed by atoms with E-state index >= 15 is 0 Å². The number of hydrogen-bond donors (Lipinski definition) is 2. The molecule has 0 amide bonds. The lowest BCUT2D eigenvalue weighted by Crippen LogP contribution is -2.05. The molecule has 1 rings (SSSR count). The number of benzene rings is 1. The van der Waals surface area contributed by atoms with Crippen molar-refractivity contribution in [2.75, 3.05) is 0 Å². The van der Waals surface area contributed by atoms with Gasteiger partial charge in [-0.1, -0.05) is 32.4 Å². The van der Waals surface area contributed by atoms with Crippen LogP contribution in [0.4, 0.5) is 0 Å². The summed E-state index contributed by atoms with van der Waals surface area (Å²) < 4.78 is 0. The molecule has 0 aliphatic rings. The number of phenols is 1. The Balaban J connectivity index is 2.85. The van der Waals surface area contributed by atoms with Crippen molar-refractivity contribution in [1.29, 1.82) is 0 Å². The molecule has 1 aromatic rings. The van der Waals surface area contributed by atoms with Gasteiger partial charge in [-0.25, -0.2) is 4.79 Å². The molecule has 0 radical (unpaired) electrons. The normalized spacial score (nSPS) is 12.5. The van der Waals surface area contributed by atoms with Crippen molar-refractivity contribution in [1.82, 2.24) is 0 Å². The van der Waals surface area contributed by atoms with Gasteiger partial charge in [-0.05, 0) is 48.9 Å². The number of phenolic OH excluding ortho intramolecular Hbond substituents is 1. The molecule has 0 aliphatic heterocycles. The highest BCUT2D eigenvalue weighted by Gasteiger charge is 2.11. The van der Waals surface area contributed by atoms with Gasteiger partial charge in [-0.3, -0.25) is 0 Å². The molecular formula is C16H22O3. The van der Waals surface area contributed by atoms with Gasteiger partial charge in [0.15, 0.2) is 0 Å². The minimum Gasteiger partial charge on any atom is -0.508 e. The molecule has 2 N–H and O–H groups in total. The topological polar surface area (TPSA) is 57.5 Å². The standard InChI is InChI=1S/C16H22O3/c1-11(10-16(2,3)4)5-6-12-9-13(15(18)19)7-8-14(12)17/h5,7-9,17H,6,10H2,1-4H3,(H,18,19)/b11-5+. The summed E-state index contributed by atoms with van der Waals surface area (Å²) in [6.45, 7) is 8.58. The van der Waals surface area contributed by atoms with Gasteiger partial charge in [0.25, 0.3) is 0 Å². The molecule has 0 aliphatic carbocycles. The van der Waals surface area contributed by atoms with Gasteiger partial charge in [-0.15, -0.1) is 0 Å². The second kappa shape index (κ2) is 5.91. The van der Waals surface area contributed by atoms with Crippen molar-refractivity contribution in [3.8, 4) is 5.75 Å². The molecule has 0 saturated carbocycles. The Morgan fingerprint density at radius 3 is 2.47 bits per heavy atom. The van der Waals surface area contributed by atoms with E-state index in [9.17, 15) is 9.90 Å². The van der Waals surface area contributed by atoms with Gasteiger partial charge in [-0.2, -0.15) is 0 Å². The van der Waals surface area contributed by atoms with E-state index in [1.165, 1.54) is 23.8 Å². The first kappa shape index (κ1) is 15.3. The highest BCUT2D eigenvalue weighted by atomic mass is 16.4. The van der Waals surface area contributed by atoms with Crippen molar-refractivity contribution in [3.63, 3.8) is 0 Å². The van der Waals surface area contributed by atoms with E-state index in [1.807, 2.05) is 6.08 Å². The predicted octanol–water partition coefficient (Wildman–Crippen LogP) is 4.02. The second-order valence-corrected chi connectivity index (χ2v) is 6.14. The number of carboxylic acid groups (broad SMARTS) is 1. The molecule has 0 unspecified atom stereocenters. The summed E-state index contributed by atoms with van der Waals surface area (Å²) >= 11 is 0. The molecular weight excluding hydrogens is 240 g/mol. The van der Waals surface area contributed by atoms with Crippen LogP contribution in [0.15, 0.2) is 29.8 Å². The van der Waals surface area contributed by atoms with E-state index in [1.54, 1.807) is 0 Å². The SMILES string of the molecule is C/C(=C\Cc1cc(C(=O)O)ccc1O)CC(C)(C)C. The van der Waals surface area contributed by atoms with Gasteiger partial charge < -0.3 is 10.2 Å². The van der Waals surface area contributed by atoms with Gasteiger partial charge >= 0.3 is 5.97 Å². The van der Waals surface area contributed by atoms with Crippen LogP contribution in [0.3, 0.4) is 0 Å². The number of allylic oxidation sites excluding steroid dienone is 2. The van der Waals surface area contributed by atoms with Gasteiger partial charge in [0.05, 0.1) is 5.56 Å². The zero-order valence-corrected chi connectivity index (χ0v) is 12.0. The summed E-state index contributed by atoms with van der Waals surface area (Å²) in [4.78, 5) is 10.9. The van der Waals surface area contributed by atoms with Gasteiger partial charge in [0, 0.05) is 0 Å². The lowest BCUT2D eigenvalue weighted by Gasteiger charge is -2.18.